The summed E-state index contributed by atoms with van der Waals surface area (Å²) in [6, 6.07) is 4.96. The summed E-state index contributed by atoms with van der Waals surface area (Å²) in [6.45, 7) is 2.24. The number of unbranched alkanes of at least 4 members (excludes halogenated alkanes) is 10. The van der Waals surface area contributed by atoms with Crippen molar-refractivity contribution < 1.29 is 4.79 Å². The maximum Gasteiger partial charge on any atom is 0.228 e. The molecule has 0 fully saturated rings. The Kier molecular flexibility index (Phi) is 16.2. The summed E-state index contributed by atoms with van der Waals surface area (Å²) < 4.78 is -1.80. The van der Waals surface area contributed by atoms with Crippen LogP contribution in [-0.4, -0.2) is 21.0 Å². The summed E-state index contributed by atoms with van der Waals surface area (Å²) in [7, 11) is 0. The minimum absolute atomic E-state index is 0.166. The Balaban J connectivity index is 2.30. The number of benzene rings is 1. The molecule has 0 aliphatic heterocycles. The highest BCUT2D eigenvalue weighted by atomic mass is 35.6. The Bertz CT molecular complexity index is 731. The topological polar surface area (TPSA) is 53.2 Å². The van der Waals surface area contributed by atoms with Crippen molar-refractivity contribution in [1.82, 2.24) is 10.6 Å². The van der Waals surface area contributed by atoms with Crippen LogP contribution in [0.3, 0.4) is 0 Å². The molecule has 0 aromatic heterocycles. The van der Waals surface area contributed by atoms with Gasteiger partial charge in [0.05, 0.1) is 10.0 Å². The fourth-order valence-corrected chi connectivity index (χ4v) is 4.12. The molecule has 10 heteroatoms. The van der Waals surface area contributed by atoms with E-state index in [1.54, 1.807) is 18.2 Å². The second-order valence-corrected chi connectivity index (χ2v) is 11.6. The number of amides is 1. The molecule has 4 nitrogen and oxygen atoms in total. The van der Waals surface area contributed by atoms with Crippen LogP contribution in [0.15, 0.2) is 18.2 Å². The number of anilines is 1. The van der Waals surface area contributed by atoms with Gasteiger partial charge in [-0.25, -0.2) is 0 Å². The molecule has 0 spiro atoms. The second-order valence-electron chi connectivity index (χ2n) is 8.06. The van der Waals surface area contributed by atoms with Gasteiger partial charge in [0, 0.05) is 12.1 Å². The fourth-order valence-electron chi connectivity index (χ4n) is 3.25. The predicted molar refractivity (Wildman–Crippen MR) is 149 cm³/mol. The summed E-state index contributed by atoms with van der Waals surface area (Å²) in [6.07, 6.45) is 12.7. The average Bonchev–Trinajstić information content (AvgIpc) is 2.73. The van der Waals surface area contributed by atoms with E-state index in [1.165, 1.54) is 51.4 Å². The Morgan fingerprint density at radius 3 is 1.94 bits per heavy atom. The van der Waals surface area contributed by atoms with E-state index in [2.05, 4.69) is 22.9 Å². The smallest absolute Gasteiger partial charge is 0.228 e. The van der Waals surface area contributed by atoms with Gasteiger partial charge in [-0.1, -0.05) is 129 Å². The number of hydrogen-bond donors (Lipinski definition) is 3. The van der Waals surface area contributed by atoms with Gasteiger partial charge in [-0.15, -0.1) is 0 Å². The van der Waals surface area contributed by atoms with Gasteiger partial charge in [-0.3, -0.25) is 4.79 Å². The van der Waals surface area contributed by atoms with Crippen LogP contribution in [0.4, 0.5) is 5.69 Å². The number of alkyl halides is 3. The Labute approximate surface area is 228 Å². The monoisotopic (exact) mass is 575 g/mol. The molecule has 0 bridgehead atoms. The highest BCUT2D eigenvalue weighted by Crippen LogP contribution is 2.29. The van der Waals surface area contributed by atoms with Crippen molar-refractivity contribution in [3.05, 3.63) is 28.2 Å². The van der Waals surface area contributed by atoms with E-state index in [0.29, 0.717) is 22.2 Å². The lowest BCUT2D eigenvalue weighted by Gasteiger charge is -2.27. The molecular weight excluding hydrogens is 544 g/mol. The third-order valence-electron chi connectivity index (χ3n) is 5.09. The highest BCUT2D eigenvalue weighted by Gasteiger charge is 2.34. The lowest BCUT2D eigenvalue weighted by atomic mass is 10.1. The Morgan fingerprint density at radius 1 is 0.879 bits per heavy atom. The van der Waals surface area contributed by atoms with E-state index in [4.69, 9.17) is 70.2 Å². The highest BCUT2D eigenvalue weighted by molar-refractivity contribution is 7.80. The molecule has 188 valence electrons. The lowest BCUT2D eigenvalue weighted by Crippen LogP contribution is -2.56. The van der Waals surface area contributed by atoms with Crippen molar-refractivity contribution in [2.24, 2.45) is 0 Å². The third-order valence-corrected chi connectivity index (χ3v) is 6.71. The molecule has 0 heterocycles. The van der Waals surface area contributed by atoms with Crippen LogP contribution in [0.25, 0.3) is 0 Å². The Hall–Kier alpha value is -0.170. The van der Waals surface area contributed by atoms with E-state index in [-0.39, 0.29) is 11.0 Å². The maximum atomic E-state index is 12.4. The third kappa shape index (κ3) is 14.7. The molecule has 0 saturated heterocycles. The number of carbonyl (C=O) groups is 1. The van der Waals surface area contributed by atoms with Crippen molar-refractivity contribution in [3.63, 3.8) is 0 Å². The van der Waals surface area contributed by atoms with Gasteiger partial charge in [0.1, 0.15) is 6.17 Å². The summed E-state index contributed by atoms with van der Waals surface area (Å²) in [4.78, 5) is 12.4. The molecule has 1 rings (SSSR count). The minimum Gasteiger partial charge on any atom is -0.339 e. The van der Waals surface area contributed by atoms with Crippen molar-refractivity contribution in [2.45, 2.75) is 93.9 Å². The first kappa shape index (κ1) is 30.9. The van der Waals surface area contributed by atoms with Crippen LogP contribution in [0.2, 0.25) is 10.0 Å². The molecule has 1 aromatic rings. The summed E-state index contributed by atoms with van der Waals surface area (Å²) in [5, 5.41) is 9.44. The molecule has 0 saturated carbocycles. The van der Waals surface area contributed by atoms with Gasteiger partial charge >= 0.3 is 0 Å². The number of carbonyl (C=O) groups excluding carboxylic acids is 1. The van der Waals surface area contributed by atoms with Crippen LogP contribution < -0.4 is 16.0 Å². The number of thiocarbonyl (C=S) groups is 1. The summed E-state index contributed by atoms with van der Waals surface area (Å²) in [5.41, 5.74) is 0.609. The van der Waals surface area contributed by atoms with E-state index in [0.717, 1.165) is 19.3 Å². The molecule has 33 heavy (non-hydrogen) atoms. The first-order chi connectivity index (χ1) is 15.6. The van der Waals surface area contributed by atoms with E-state index in [1.807, 2.05) is 0 Å². The summed E-state index contributed by atoms with van der Waals surface area (Å²) in [5.74, 6) is -0.202. The minimum atomic E-state index is -1.80. The molecule has 0 radical (unpaired) electrons. The van der Waals surface area contributed by atoms with Gasteiger partial charge in [-0.05, 0) is 36.8 Å². The second kappa shape index (κ2) is 17.3. The van der Waals surface area contributed by atoms with Gasteiger partial charge in [0.15, 0.2) is 5.11 Å². The molecule has 1 unspecified atom stereocenters. The molecule has 1 atom stereocenters. The largest absolute Gasteiger partial charge is 0.339 e. The van der Waals surface area contributed by atoms with Crippen molar-refractivity contribution >= 4 is 86.9 Å². The molecular formula is C23H34Cl5N3OS. The van der Waals surface area contributed by atoms with Crippen LogP contribution in [-0.2, 0) is 4.79 Å². The average molecular weight is 578 g/mol. The first-order valence-electron chi connectivity index (χ1n) is 11.5. The van der Waals surface area contributed by atoms with Crippen LogP contribution in [0, 0.1) is 0 Å². The van der Waals surface area contributed by atoms with Gasteiger partial charge < -0.3 is 16.0 Å². The first-order valence-corrected chi connectivity index (χ1v) is 13.8. The number of rotatable bonds is 15. The zero-order valence-electron chi connectivity index (χ0n) is 19.0. The molecule has 0 aliphatic carbocycles. The standard InChI is InChI=1S/C23H34Cl5N3OS/c1-2-3-4-5-6-7-8-9-10-11-12-13-20(32)30-21(23(26,27)28)31-22(33)29-17-14-15-18(24)19(25)16-17/h14-16,21H,2-13H2,1H3,(H,30,32)(H2,29,31,33). The number of hydrogen-bond acceptors (Lipinski definition) is 2. The van der Waals surface area contributed by atoms with E-state index < -0.39 is 9.96 Å². The maximum absolute atomic E-state index is 12.4. The Morgan fingerprint density at radius 2 is 1.42 bits per heavy atom. The number of halogens is 5. The van der Waals surface area contributed by atoms with Crippen molar-refractivity contribution in [3.8, 4) is 0 Å². The van der Waals surface area contributed by atoms with E-state index >= 15 is 0 Å². The normalized spacial score (nSPS) is 12.3. The molecule has 1 aromatic carbocycles. The zero-order valence-corrected chi connectivity index (χ0v) is 23.6. The van der Waals surface area contributed by atoms with Crippen LogP contribution >= 0.6 is 70.2 Å². The molecule has 3 N–H and O–H groups in total. The van der Waals surface area contributed by atoms with Crippen LogP contribution in [0.1, 0.15) is 84.0 Å². The summed E-state index contributed by atoms with van der Waals surface area (Å²) >= 11 is 35.3. The predicted octanol–water partition coefficient (Wildman–Crippen LogP) is 8.79. The zero-order chi connectivity index (χ0) is 24.7. The number of nitrogens with one attached hydrogen (secondary N) is 3. The fraction of sp³-hybridized carbons (Fsp3) is 0.652. The van der Waals surface area contributed by atoms with Gasteiger partial charge in [0.2, 0.25) is 9.70 Å². The SMILES string of the molecule is CCCCCCCCCCCCCC(=O)NC(NC(=S)Nc1ccc(Cl)c(Cl)c1)C(Cl)(Cl)Cl. The van der Waals surface area contributed by atoms with Crippen LogP contribution in [0.5, 0.6) is 0 Å². The lowest BCUT2D eigenvalue weighted by molar-refractivity contribution is -0.122. The molecule has 1 amide bonds. The molecule has 0 aliphatic rings. The van der Waals surface area contributed by atoms with Gasteiger partial charge in [0.25, 0.3) is 0 Å². The quantitative estimate of drug-likeness (QED) is 0.0844. The van der Waals surface area contributed by atoms with Gasteiger partial charge in [-0.2, -0.15) is 0 Å². The van der Waals surface area contributed by atoms with Crippen molar-refractivity contribution in [2.75, 3.05) is 5.32 Å². The van der Waals surface area contributed by atoms with Crippen molar-refractivity contribution in [1.29, 1.82) is 0 Å². The van der Waals surface area contributed by atoms with E-state index in [9.17, 15) is 4.79 Å².